The number of hydrogen-bond acceptors (Lipinski definition) is 0. The fraction of sp³-hybridized carbons (Fsp3) is 1.00. The zero-order valence-corrected chi connectivity index (χ0v) is 13.8. The Kier molecular flexibility index (Phi) is 3.38. The second kappa shape index (κ2) is 5.27. The molecule has 8 atom stereocenters. The van der Waals surface area contributed by atoms with Gasteiger partial charge in [-0.05, 0) is 92.3 Å². The molecule has 0 aromatic rings. The van der Waals surface area contributed by atoms with Gasteiger partial charge in [-0.3, -0.25) is 0 Å². The Labute approximate surface area is 131 Å². The fourth-order valence-corrected chi connectivity index (χ4v) is 8.15. The van der Waals surface area contributed by atoms with Crippen molar-refractivity contribution in [2.45, 2.75) is 83.5 Å². The summed E-state index contributed by atoms with van der Waals surface area (Å²) < 4.78 is 0. The van der Waals surface area contributed by atoms with Crippen molar-refractivity contribution in [3.63, 3.8) is 0 Å². The molecule has 0 aromatic heterocycles. The van der Waals surface area contributed by atoms with E-state index in [0.717, 1.165) is 17.8 Å². The van der Waals surface area contributed by atoms with E-state index >= 15 is 0 Å². The van der Waals surface area contributed by atoms with Gasteiger partial charge in [-0.2, -0.15) is 0 Å². The summed E-state index contributed by atoms with van der Waals surface area (Å²) in [6.45, 7) is 0. The van der Waals surface area contributed by atoms with E-state index in [-0.39, 0.29) is 0 Å². The lowest BCUT2D eigenvalue weighted by Crippen LogP contribution is -2.42. The molecule has 0 spiro atoms. The molecule has 0 saturated heterocycles. The first-order valence-electron chi connectivity index (χ1n) is 10.4. The van der Waals surface area contributed by atoms with Gasteiger partial charge >= 0.3 is 0 Å². The Morgan fingerprint density at radius 3 is 1.71 bits per heavy atom. The first-order valence-corrected chi connectivity index (χ1v) is 10.4. The Bertz CT molecular complexity index is 385. The zero-order valence-electron chi connectivity index (χ0n) is 13.8. The molecule has 0 heteroatoms. The Hall–Kier alpha value is 0. The third-order valence-corrected chi connectivity index (χ3v) is 8.91. The van der Waals surface area contributed by atoms with E-state index in [1.54, 1.807) is 83.5 Å². The maximum absolute atomic E-state index is 1.67. The van der Waals surface area contributed by atoms with E-state index in [0.29, 0.717) is 0 Å². The van der Waals surface area contributed by atoms with Crippen LogP contribution in [-0.4, -0.2) is 0 Å². The summed E-state index contributed by atoms with van der Waals surface area (Å²) in [5, 5.41) is 0. The quantitative estimate of drug-likeness (QED) is 0.508. The molecule has 5 fully saturated rings. The van der Waals surface area contributed by atoms with Crippen LogP contribution in [0.5, 0.6) is 0 Å². The molecule has 0 aliphatic heterocycles. The predicted molar refractivity (Wildman–Crippen MR) is 87.9 cm³/mol. The van der Waals surface area contributed by atoms with Crippen LogP contribution in [0, 0.1) is 47.3 Å². The fourth-order valence-electron chi connectivity index (χ4n) is 8.15. The van der Waals surface area contributed by atoms with Crippen molar-refractivity contribution in [2.75, 3.05) is 0 Å². The van der Waals surface area contributed by atoms with Gasteiger partial charge in [0.05, 0.1) is 0 Å². The van der Waals surface area contributed by atoms with Gasteiger partial charge in [0.1, 0.15) is 0 Å². The molecule has 5 aliphatic rings. The molecule has 0 heterocycles. The van der Waals surface area contributed by atoms with Gasteiger partial charge in [0, 0.05) is 0 Å². The third kappa shape index (κ3) is 2.14. The van der Waals surface area contributed by atoms with Gasteiger partial charge in [0.25, 0.3) is 0 Å². The first-order chi connectivity index (χ1) is 10.4. The molecule has 5 saturated carbocycles. The van der Waals surface area contributed by atoms with Crippen LogP contribution in [0.25, 0.3) is 0 Å². The predicted octanol–water partition coefficient (Wildman–Crippen LogP) is 6.06. The number of hydrogen-bond donors (Lipinski definition) is 0. The van der Waals surface area contributed by atoms with Crippen LogP contribution >= 0.6 is 0 Å². The van der Waals surface area contributed by atoms with Gasteiger partial charge in [0.15, 0.2) is 0 Å². The summed E-state index contributed by atoms with van der Waals surface area (Å²) in [6, 6.07) is 0. The average Bonchev–Trinajstić information content (AvgIpc) is 2.90. The third-order valence-electron chi connectivity index (χ3n) is 8.91. The minimum absolute atomic E-state index is 1.15. The SMILES string of the molecule is C1CCC2C(C1)CCC1CC3C(CC4CCCCC43)CC12. The number of rotatable bonds is 0. The van der Waals surface area contributed by atoms with Gasteiger partial charge in [-0.25, -0.2) is 0 Å². The number of fused-ring (bicyclic) bond motifs is 6. The summed E-state index contributed by atoms with van der Waals surface area (Å²) in [6.07, 6.45) is 20.8. The minimum atomic E-state index is 1.15. The van der Waals surface area contributed by atoms with Gasteiger partial charge in [-0.15, -0.1) is 0 Å². The van der Waals surface area contributed by atoms with Crippen molar-refractivity contribution < 1.29 is 0 Å². The van der Waals surface area contributed by atoms with Crippen LogP contribution in [0.3, 0.4) is 0 Å². The summed E-state index contributed by atoms with van der Waals surface area (Å²) in [4.78, 5) is 0. The first kappa shape index (κ1) is 13.4. The monoisotopic (exact) mass is 286 g/mol. The molecular formula is C21H34. The largest absolute Gasteiger partial charge is 0.0530 e. The van der Waals surface area contributed by atoms with Crippen LogP contribution in [0.1, 0.15) is 83.5 Å². The van der Waals surface area contributed by atoms with Crippen molar-refractivity contribution in [1.29, 1.82) is 0 Å². The summed E-state index contributed by atoms with van der Waals surface area (Å²) in [5.74, 6) is 9.33. The second-order valence-electron chi connectivity index (χ2n) is 9.55. The molecule has 21 heavy (non-hydrogen) atoms. The van der Waals surface area contributed by atoms with Crippen molar-refractivity contribution in [3.05, 3.63) is 0 Å². The summed E-state index contributed by atoms with van der Waals surface area (Å²) in [7, 11) is 0. The minimum Gasteiger partial charge on any atom is -0.0530 e. The zero-order chi connectivity index (χ0) is 13.8. The molecule has 0 aromatic carbocycles. The van der Waals surface area contributed by atoms with Gasteiger partial charge in [-0.1, -0.05) is 38.5 Å². The second-order valence-corrected chi connectivity index (χ2v) is 9.55. The van der Waals surface area contributed by atoms with Crippen molar-refractivity contribution in [3.8, 4) is 0 Å². The molecular weight excluding hydrogens is 252 g/mol. The van der Waals surface area contributed by atoms with E-state index in [1.165, 1.54) is 29.6 Å². The Morgan fingerprint density at radius 1 is 0.333 bits per heavy atom. The highest BCUT2D eigenvalue weighted by molar-refractivity contribution is 5.01. The Morgan fingerprint density at radius 2 is 0.857 bits per heavy atom. The molecule has 0 amide bonds. The van der Waals surface area contributed by atoms with E-state index in [9.17, 15) is 0 Å². The van der Waals surface area contributed by atoms with Crippen molar-refractivity contribution >= 4 is 0 Å². The lowest BCUT2D eigenvalue weighted by atomic mass is 9.54. The smallest absolute Gasteiger partial charge is 0.0352 e. The van der Waals surface area contributed by atoms with Crippen molar-refractivity contribution in [2.24, 2.45) is 47.3 Å². The average molecular weight is 287 g/mol. The highest BCUT2D eigenvalue weighted by Crippen LogP contribution is 2.61. The topological polar surface area (TPSA) is 0 Å². The normalized spacial score (nSPS) is 56.0. The Balaban J connectivity index is 1.36. The lowest BCUT2D eigenvalue weighted by Gasteiger charge is -2.51. The highest BCUT2D eigenvalue weighted by Gasteiger charge is 2.52. The van der Waals surface area contributed by atoms with Crippen LogP contribution in [-0.2, 0) is 0 Å². The molecule has 8 unspecified atom stereocenters. The van der Waals surface area contributed by atoms with E-state index in [4.69, 9.17) is 0 Å². The van der Waals surface area contributed by atoms with E-state index in [1.807, 2.05) is 0 Å². The van der Waals surface area contributed by atoms with Crippen LogP contribution in [0.4, 0.5) is 0 Å². The molecule has 0 radical (unpaired) electrons. The van der Waals surface area contributed by atoms with Crippen LogP contribution in [0.15, 0.2) is 0 Å². The molecule has 5 rings (SSSR count). The van der Waals surface area contributed by atoms with Crippen LogP contribution in [0.2, 0.25) is 0 Å². The van der Waals surface area contributed by atoms with E-state index in [2.05, 4.69) is 0 Å². The molecule has 5 aliphatic carbocycles. The summed E-state index contributed by atoms with van der Waals surface area (Å²) >= 11 is 0. The van der Waals surface area contributed by atoms with Crippen molar-refractivity contribution in [1.82, 2.24) is 0 Å². The molecule has 0 nitrogen and oxygen atoms in total. The maximum atomic E-state index is 1.67. The van der Waals surface area contributed by atoms with E-state index < -0.39 is 0 Å². The van der Waals surface area contributed by atoms with Crippen LogP contribution < -0.4 is 0 Å². The molecule has 118 valence electrons. The summed E-state index contributed by atoms with van der Waals surface area (Å²) in [5.41, 5.74) is 0. The standard InChI is InChI=1S/C21H34/c1-3-7-18-14(5-1)9-10-16-12-21-17(13-20(16)18)11-15-6-2-4-8-19(15)21/h14-21H,1-13H2. The highest BCUT2D eigenvalue weighted by atomic mass is 14.6. The molecule has 0 N–H and O–H groups in total. The van der Waals surface area contributed by atoms with Gasteiger partial charge < -0.3 is 0 Å². The maximum Gasteiger partial charge on any atom is -0.0352 e. The lowest BCUT2D eigenvalue weighted by molar-refractivity contribution is -0.0141. The molecule has 0 bridgehead atoms. The van der Waals surface area contributed by atoms with Gasteiger partial charge in [0.2, 0.25) is 0 Å².